The topological polar surface area (TPSA) is 20.3 Å². The van der Waals surface area contributed by atoms with Gasteiger partial charge in [-0.1, -0.05) is 6.92 Å². The van der Waals surface area contributed by atoms with Crippen molar-refractivity contribution in [2.45, 2.75) is 33.2 Å². The molecule has 0 radical (unpaired) electrons. The van der Waals surface area contributed by atoms with Crippen molar-refractivity contribution < 1.29 is 9.18 Å². The number of ketones is 1. The zero-order valence-electron chi connectivity index (χ0n) is 10.5. The fourth-order valence-corrected chi connectivity index (χ4v) is 2.68. The number of carbonyl (C=O) groups is 1. The summed E-state index contributed by atoms with van der Waals surface area (Å²) in [5.41, 5.74) is 1.36. The van der Waals surface area contributed by atoms with Crippen molar-refractivity contribution >= 4 is 11.5 Å². The van der Waals surface area contributed by atoms with E-state index in [1.165, 1.54) is 19.1 Å². The molecule has 2 atom stereocenters. The maximum absolute atomic E-state index is 13.2. The van der Waals surface area contributed by atoms with Crippen molar-refractivity contribution in [2.75, 3.05) is 11.4 Å². The molecule has 3 heteroatoms. The highest BCUT2D eigenvalue weighted by atomic mass is 19.1. The molecule has 0 saturated carbocycles. The van der Waals surface area contributed by atoms with Crippen LogP contribution < -0.4 is 4.90 Å². The molecule has 1 aromatic carbocycles. The lowest BCUT2D eigenvalue weighted by Gasteiger charge is -2.25. The third-order valence-corrected chi connectivity index (χ3v) is 3.43. The SMILES string of the molecule is CC(=O)c1cc(F)ccc1N1CC(C)CC1C. The first-order valence-electron chi connectivity index (χ1n) is 6.06. The Bertz CT molecular complexity index is 444. The van der Waals surface area contributed by atoms with Crippen molar-refractivity contribution in [3.8, 4) is 0 Å². The molecular weight excluding hydrogens is 217 g/mol. The monoisotopic (exact) mass is 235 g/mol. The second kappa shape index (κ2) is 4.47. The summed E-state index contributed by atoms with van der Waals surface area (Å²) >= 11 is 0. The second-order valence-electron chi connectivity index (χ2n) is 5.06. The maximum atomic E-state index is 13.2. The van der Waals surface area contributed by atoms with Crippen molar-refractivity contribution in [3.05, 3.63) is 29.6 Å². The Balaban J connectivity index is 2.41. The van der Waals surface area contributed by atoms with Gasteiger partial charge >= 0.3 is 0 Å². The van der Waals surface area contributed by atoms with Gasteiger partial charge in [0.1, 0.15) is 5.82 Å². The van der Waals surface area contributed by atoms with Gasteiger partial charge in [0.15, 0.2) is 5.78 Å². The van der Waals surface area contributed by atoms with Gasteiger partial charge in [-0.2, -0.15) is 0 Å². The minimum atomic E-state index is -0.348. The molecule has 0 N–H and O–H groups in total. The van der Waals surface area contributed by atoms with Gasteiger partial charge in [-0.3, -0.25) is 4.79 Å². The minimum absolute atomic E-state index is 0.0775. The van der Waals surface area contributed by atoms with E-state index >= 15 is 0 Å². The lowest BCUT2D eigenvalue weighted by Crippen LogP contribution is -2.28. The van der Waals surface area contributed by atoms with Gasteiger partial charge in [0.2, 0.25) is 0 Å². The summed E-state index contributed by atoms with van der Waals surface area (Å²) in [6.45, 7) is 6.78. The van der Waals surface area contributed by atoms with Crippen LogP contribution in [0.15, 0.2) is 18.2 Å². The lowest BCUT2D eigenvalue weighted by molar-refractivity contribution is 0.101. The Morgan fingerprint density at radius 3 is 2.65 bits per heavy atom. The molecule has 1 saturated heterocycles. The first-order valence-corrected chi connectivity index (χ1v) is 6.06. The van der Waals surface area contributed by atoms with Gasteiger partial charge in [-0.05, 0) is 44.4 Å². The fourth-order valence-electron chi connectivity index (χ4n) is 2.68. The third-order valence-electron chi connectivity index (χ3n) is 3.43. The van der Waals surface area contributed by atoms with Crippen LogP contribution in [0.3, 0.4) is 0 Å². The van der Waals surface area contributed by atoms with E-state index in [4.69, 9.17) is 0 Å². The van der Waals surface area contributed by atoms with E-state index in [0.29, 0.717) is 17.5 Å². The van der Waals surface area contributed by atoms with E-state index in [1.54, 1.807) is 6.07 Å². The van der Waals surface area contributed by atoms with Gasteiger partial charge in [-0.25, -0.2) is 4.39 Å². The Hall–Kier alpha value is -1.38. The first-order chi connectivity index (χ1) is 7.99. The minimum Gasteiger partial charge on any atom is -0.368 e. The van der Waals surface area contributed by atoms with Crippen LogP contribution in [0, 0.1) is 11.7 Å². The molecule has 1 heterocycles. The predicted molar refractivity (Wildman–Crippen MR) is 67.0 cm³/mol. The van der Waals surface area contributed by atoms with Crippen LogP contribution in [0.1, 0.15) is 37.6 Å². The van der Waals surface area contributed by atoms with Crippen LogP contribution >= 0.6 is 0 Å². The Labute approximate surface area is 101 Å². The van der Waals surface area contributed by atoms with Crippen molar-refractivity contribution in [3.63, 3.8) is 0 Å². The summed E-state index contributed by atoms with van der Waals surface area (Å²) in [5.74, 6) is 0.194. The number of anilines is 1. The van der Waals surface area contributed by atoms with Crippen LogP contribution in [-0.4, -0.2) is 18.4 Å². The van der Waals surface area contributed by atoms with Gasteiger partial charge in [-0.15, -0.1) is 0 Å². The molecule has 0 amide bonds. The highest BCUT2D eigenvalue weighted by Crippen LogP contribution is 2.31. The Morgan fingerprint density at radius 2 is 2.12 bits per heavy atom. The van der Waals surface area contributed by atoms with Crippen molar-refractivity contribution in [2.24, 2.45) is 5.92 Å². The molecular formula is C14H18FNO. The summed E-state index contributed by atoms with van der Waals surface area (Å²) in [5, 5.41) is 0. The Morgan fingerprint density at radius 1 is 1.41 bits per heavy atom. The summed E-state index contributed by atoms with van der Waals surface area (Å²) in [6, 6.07) is 4.90. The average Bonchev–Trinajstić information content (AvgIpc) is 2.57. The summed E-state index contributed by atoms with van der Waals surface area (Å²) in [7, 11) is 0. The number of halogens is 1. The number of benzene rings is 1. The number of rotatable bonds is 2. The van der Waals surface area contributed by atoms with E-state index in [9.17, 15) is 9.18 Å². The fraction of sp³-hybridized carbons (Fsp3) is 0.500. The molecule has 0 bridgehead atoms. The van der Waals surface area contributed by atoms with E-state index < -0.39 is 0 Å². The summed E-state index contributed by atoms with van der Waals surface area (Å²) in [6.07, 6.45) is 1.12. The van der Waals surface area contributed by atoms with Crippen molar-refractivity contribution in [1.82, 2.24) is 0 Å². The van der Waals surface area contributed by atoms with Gasteiger partial charge in [0, 0.05) is 23.8 Å². The Kier molecular flexibility index (Phi) is 3.18. The number of carbonyl (C=O) groups excluding carboxylic acids is 1. The molecule has 1 fully saturated rings. The van der Waals surface area contributed by atoms with E-state index in [2.05, 4.69) is 18.7 Å². The number of hydrogen-bond acceptors (Lipinski definition) is 2. The average molecular weight is 235 g/mol. The van der Waals surface area contributed by atoms with Crippen molar-refractivity contribution in [1.29, 1.82) is 0 Å². The summed E-state index contributed by atoms with van der Waals surface area (Å²) in [4.78, 5) is 13.8. The smallest absolute Gasteiger partial charge is 0.161 e. The van der Waals surface area contributed by atoms with Crippen LogP contribution in [0.5, 0.6) is 0 Å². The molecule has 1 aliphatic rings. The predicted octanol–water partition coefficient (Wildman–Crippen LogP) is 3.26. The highest BCUT2D eigenvalue weighted by Gasteiger charge is 2.28. The van der Waals surface area contributed by atoms with E-state index in [1.807, 2.05) is 0 Å². The van der Waals surface area contributed by atoms with Crippen LogP contribution in [0.25, 0.3) is 0 Å². The third kappa shape index (κ3) is 2.33. The lowest BCUT2D eigenvalue weighted by atomic mass is 10.1. The molecule has 2 rings (SSSR count). The molecule has 17 heavy (non-hydrogen) atoms. The van der Waals surface area contributed by atoms with E-state index in [-0.39, 0.29) is 11.6 Å². The number of hydrogen-bond donors (Lipinski definition) is 0. The van der Waals surface area contributed by atoms with Crippen LogP contribution in [-0.2, 0) is 0 Å². The number of nitrogens with zero attached hydrogens (tertiary/aromatic N) is 1. The molecule has 0 aliphatic carbocycles. The zero-order valence-corrected chi connectivity index (χ0v) is 10.5. The van der Waals surface area contributed by atoms with Crippen LogP contribution in [0.4, 0.5) is 10.1 Å². The standard InChI is InChI=1S/C14H18FNO/c1-9-6-10(2)16(8-9)14-5-4-12(15)7-13(14)11(3)17/h4-5,7,9-10H,6,8H2,1-3H3. The van der Waals surface area contributed by atoms with E-state index in [0.717, 1.165) is 18.7 Å². The van der Waals surface area contributed by atoms with Gasteiger partial charge in [0.05, 0.1) is 0 Å². The quantitative estimate of drug-likeness (QED) is 0.733. The second-order valence-corrected chi connectivity index (χ2v) is 5.06. The maximum Gasteiger partial charge on any atom is 0.161 e. The molecule has 1 aliphatic heterocycles. The first kappa shape index (κ1) is 12.1. The summed E-state index contributed by atoms with van der Waals surface area (Å²) < 4.78 is 13.2. The largest absolute Gasteiger partial charge is 0.368 e. The normalized spacial score (nSPS) is 24.1. The molecule has 2 nitrogen and oxygen atoms in total. The highest BCUT2D eigenvalue weighted by molar-refractivity contribution is 5.99. The number of Topliss-reactive ketones (excluding diaryl/α,β-unsaturated/α-hetero) is 1. The molecule has 92 valence electrons. The molecule has 0 aromatic heterocycles. The molecule has 0 spiro atoms. The van der Waals surface area contributed by atoms with Gasteiger partial charge < -0.3 is 4.90 Å². The van der Waals surface area contributed by atoms with Gasteiger partial charge in [0.25, 0.3) is 0 Å². The zero-order chi connectivity index (χ0) is 12.6. The molecule has 2 unspecified atom stereocenters. The molecule has 1 aromatic rings. The van der Waals surface area contributed by atoms with Crippen LogP contribution in [0.2, 0.25) is 0 Å².